The highest BCUT2D eigenvalue weighted by Gasteiger charge is 2.26. The van der Waals surface area contributed by atoms with Crippen molar-refractivity contribution in [2.45, 2.75) is 18.9 Å². The van der Waals surface area contributed by atoms with Crippen molar-refractivity contribution >= 4 is 5.91 Å². The maximum atomic E-state index is 11.4. The molecule has 0 bridgehead atoms. The summed E-state index contributed by atoms with van der Waals surface area (Å²) in [5.41, 5.74) is -1.24. The topological polar surface area (TPSA) is 78.8 Å². The first kappa shape index (κ1) is 11.4. The van der Waals surface area contributed by atoms with Crippen LogP contribution in [-0.4, -0.2) is 48.1 Å². The molecular weight excluding hydrogens is 186 g/mol. The summed E-state index contributed by atoms with van der Waals surface area (Å²) in [6.07, 6.45) is 0.729. The summed E-state index contributed by atoms with van der Waals surface area (Å²) in [4.78, 5) is 11.4. The number of aliphatic hydroxyl groups excluding tert-OH is 1. The predicted octanol–water partition coefficient (Wildman–Crippen LogP) is -1.12. The van der Waals surface area contributed by atoms with Crippen LogP contribution in [0.2, 0.25) is 0 Å². The first-order valence-corrected chi connectivity index (χ1v) is 4.74. The number of ether oxygens (including phenoxy) is 1. The smallest absolute Gasteiger partial charge is 0.225 e. The molecule has 1 rings (SSSR count). The fourth-order valence-corrected chi connectivity index (χ4v) is 1.22. The molecule has 1 fully saturated rings. The molecule has 82 valence electrons. The van der Waals surface area contributed by atoms with Gasteiger partial charge in [-0.2, -0.15) is 0 Å². The summed E-state index contributed by atoms with van der Waals surface area (Å²) in [5, 5.41) is 20.8. The normalized spacial score (nSPS) is 25.8. The average molecular weight is 203 g/mol. The van der Waals surface area contributed by atoms with Crippen LogP contribution in [0, 0.1) is 5.92 Å². The Morgan fingerprint density at radius 3 is 2.93 bits per heavy atom. The molecule has 0 saturated carbocycles. The van der Waals surface area contributed by atoms with Crippen molar-refractivity contribution in [3.63, 3.8) is 0 Å². The Labute approximate surface area is 83.1 Å². The van der Waals surface area contributed by atoms with Gasteiger partial charge in [0.25, 0.3) is 0 Å². The lowest BCUT2D eigenvalue weighted by Gasteiger charge is -2.21. The first-order valence-electron chi connectivity index (χ1n) is 4.74. The van der Waals surface area contributed by atoms with Crippen LogP contribution in [0.25, 0.3) is 0 Å². The number of carbonyl (C=O) groups excluding carboxylic acids is 1. The van der Waals surface area contributed by atoms with Crippen molar-refractivity contribution in [3.05, 3.63) is 0 Å². The largest absolute Gasteiger partial charge is 0.393 e. The Morgan fingerprint density at radius 2 is 2.43 bits per heavy atom. The van der Waals surface area contributed by atoms with Crippen molar-refractivity contribution < 1.29 is 19.7 Å². The fourth-order valence-electron chi connectivity index (χ4n) is 1.22. The highest BCUT2D eigenvalue weighted by Crippen LogP contribution is 2.12. The fraction of sp³-hybridized carbons (Fsp3) is 0.889. The summed E-state index contributed by atoms with van der Waals surface area (Å²) in [5.74, 6) is -0.222. The Kier molecular flexibility index (Phi) is 3.86. The monoisotopic (exact) mass is 203 g/mol. The molecule has 0 aromatic heterocycles. The summed E-state index contributed by atoms with van der Waals surface area (Å²) in [6.45, 7) is 2.24. The SMILES string of the molecule is CC(O)(CO)CNC(=O)C1CCOC1. The molecule has 14 heavy (non-hydrogen) atoms. The number of rotatable bonds is 4. The standard InChI is InChI=1S/C9H17NO4/c1-9(13,6-11)5-10-8(12)7-2-3-14-4-7/h7,11,13H,2-6H2,1H3,(H,10,12). The quantitative estimate of drug-likeness (QED) is 0.541. The van der Waals surface area contributed by atoms with Gasteiger partial charge in [0.05, 0.1) is 19.1 Å². The zero-order valence-corrected chi connectivity index (χ0v) is 8.32. The molecule has 1 amide bonds. The molecular formula is C9H17NO4. The second-order valence-electron chi connectivity index (χ2n) is 3.93. The molecule has 1 aliphatic rings. The van der Waals surface area contributed by atoms with E-state index in [1.54, 1.807) is 0 Å². The number of amides is 1. The highest BCUT2D eigenvalue weighted by molar-refractivity contribution is 5.79. The van der Waals surface area contributed by atoms with Crippen molar-refractivity contribution in [3.8, 4) is 0 Å². The van der Waals surface area contributed by atoms with Crippen LogP contribution in [-0.2, 0) is 9.53 Å². The lowest BCUT2D eigenvalue weighted by Crippen LogP contribution is -2.45. The van der Waals surface area contributed by atoms with E-state index in [2.05, 4.69) is 5.32 Å². The van der Waals surface area contributed by atoms with E-state index in [-0.39, 0.29) is 25.0 Å². The van der Waals surface area contributed by atoms with Crippen molar-refractivity contribution in [1.29, 1.82) is 0 Å². The molecule has 2 atom stereocenters. The summed E-state index contributed by atoms with van der Waals surface area (Å²) >= 11 is 0. The molecule has 5 nitrogen and oxygen atoms in total. The molecule has 0 aliphatic carbocycles. The maximum absolute atomic E-state index is 11.4. The molecule has 0 spiro atoms. The molecule has 0 aromatic carbocycles. The molecule has 1 saturated heterocycles. The Morgan fingerprint density at radius 1 is 1.71 bits per heavy atom. The highest BCUT2D eigenvalue weighted by atomic mass is 16.5. The van der Waals surface area contributed by atoms with Crippen LogP contribution in [0.5, 0.6) is 0 Å². The molecule has 1 heterocycles. The summed E-state index contributed by atoms with van der Waals surface area (Å²) in [7, 11) is 0. The Bertz CT molecular complexity index is 199. The van der Waals surface area contributed by atoms with Gasteiger partial charge < -0.3 is 20.3 Å². The Hall–Kier alpha value is -0.650. The van der Waals surface area contributed by atoms with Gasteiger partial charge in [-0.15, -0.1) is 0 Å². The van der Waals surface area contributed by atoms with Crippen LogP contribution >= 0.6 is 0 Å². The van der Waals surface area contributed by atoms with Gasteiger partial charge >= 0.3 is 0 Å². The number of aliphatic hydroxyl groups is 2. The Balaban J connectivity index is 2.27. The van der Waals surface area contributed by atoms with Crippen molar-refractivity contribution in [1.82, 2.24) is 5.32 Å². The molecule has 5 heteroatoms. The number of hydrogen-bond acceptors (Lipinski definition) is 4. The van der Waals surface area contributed by atoms with Crippen molar-refractivity contribution in [2.75, 3.05) is 26.4 Å². The first-order chi connectivity index (χ1) is 6.55. The molecule has 0 radical (unpaired) electrons. The van der Waals surface area contributed by atoms with Crippen LogP contribution < -0.4 is 5.32 Å². The van der Waals surface area contributed by atoms with E-state index in [0.717, 1.165) is 6.42 Å². The van der Waals surface area contributed by atoms with Crippen LogP contribution in [0.1, 0.15) is 13.3 Å². The van der Waals surface area contributed by atoms with Gasteiger partial charge in [0, 0.05) is 13.2 Å². The van der Waals surface area contributed by atoms with Gasteiger partial charge in [0.2, 0.25) is 5.91 Å². The van der Waals surface area contributed by atoms with E-state index in [4.69, 9.17) is 9.84 Å². The maximum Gasteiger partial charge on any atom is 0.225 e. The van der Waals surface area contributed by atoms with E-state index in [0.29, 0.717) is 13.2 Å². The van der Waals surface area contributed by atoms with Crippen LogP contribution in [0.15, 0.2) is 0 Å². The minimum absolute atomic E-state index is 0.0683. The number of carbonyl (C=O) groups is 1. The third-order valence-corrected chi connectivity index (χ3v) is 2.28. The molecule has 0 aromatic rings. The summed E-state index contributed by atoms with van der Waals surface area (Å²) < 4.78 is 5.06. The van der Waals surface area contributed by atoms with Crippen molar-refractivity contribution in [2.24, 2.45) is 5.92 Å². The van der Waals surface area contributed by atoms with Crippen LogP contribution in [0.3, 0.4) is 0 Å². The van der Waals surface area contributed by atoms with Gasteiger partial charge in [-0.1, -0.05) is 0 Å². The third-order valence-electron chi connectivity index (χ3n) is 2.28. The van der Waals surface area contributed by atoms with Gasteiger partial charge in [-0.05, 0) is 13.3 Å². The molecule has 1 aliphatic heterocycles. The summed E-state index contributed by atoms with van der Waals surface area (Å²) in [6, 6.07) is 0. The number of hydrogen-bond donors (Lipinski definition) is 3. The van der Waals surface area contributed by atoms with Gasteiger partial charge in [0.15, 0.2) is 0 Å². The minimum Gasteiger partial charge on any atom is -0.393 e. The van der Waals surface area contributed by atoms with Gasteiger partial charge in [-0.25, -0.2) is 0 Å². The van der Waals surface area contributed by atoms with Crippen LogP contribution in [0.4, 0.5) is 0 Å². The molecule has 3 N–H and O–H groups in total. The minimum atomic E-state index is -1.24. The zero-order valence-electron chi connectivity index (χ0n) is 8.32. The zero-order chi connectivity index (χ0) is 10.6. The van der Waals surface area contributed by atoms with E-state index >= 15 is 0 Å². The lowest BCUT2D eigenvalue weighted by molar-refractivity contribution is -0.126. The van der Waals surface area contributed by atoms with E-state index in [1.165, 1.54) is 6.92 Å². The second-order valence-corrected chi connectivity index (χ2v) is 3.93. The average Bonchev–Trinajstić information content (AvgIpc) is 2.67. The predicted molar refractivity (Wildman–Crippen MR) is 49.6 cm³/mol. The van der Waals surface area contributed by atoms with Gasteiger partial charge in [0.1, 0.15) is 5.60 Å². The second kappa shape index (κ2) is 4.72. The molecule has 2 unspecified atom stereocenters. The number of nitrogens with one attached hydrogen (secondary N) is 1. The van der Waals surface area contributed by atoms with E-state index < -0.39 is 5.60 Å². The lowest BCUT2D eigenvalue weighted by atomic mass is 10.1. The van der Waals surface area contributed by atoms with E-state index in [9.17, 15) is 9.90 Å². The van der Waals surface area contributed by atoms with Gasteiger partial charge in [-0.3, -0.25) is 4.79 Å². The third kappa shape index (κ3) is 3.25. The van der Waals surface area contributed by atoms with E-state index in [1.807, 2.05) is 0 Å².